The smallest absolute Gasteiger partial charge is 0.229 e. The van der Waals surface area contributed by atoms with Gasteiger partial charge in [0.25, 0.3) is 0 Å². The molecule has 6 amide bonds. The van der Waals surface area contributed by atoms with E-state index in [2.05, 4.69) is 0 Å². The summed E-state index contributed by atoms with van der Waals surface area (Å²) >= 11 is 0. The summed E-state index contributed by atoms with van der Waals surface area (Å²) in [5.74, 6) is -1.12. The maximum absolute atomic E-state index is 11.8. The third kappa shape index (κ3) is 4.45. The van der Waals surface area contributed by atoms with Gasteiger partial charge in [-0.15, -0.1) is 0 Å². The van der Waals surface area contributed by atoms with Crippen LogP contribution in [-0.4, -0.2) is 69.8 Å². The van der Waals surface area contributed by atoms with Crippen LogP contribution < -0.4 is 0 Å². The summed E-state index contributed by atoms with van der Waals surface area (Å²) in [4.78, 5) is 74.6. The standard InChI is InChI=1S/C19H25N3O6/c23-14-1-2-15(24)20(14)10-7-13(8-11-21-16(25)3-4-17(21)26)9-12-22-18(27)5-6-19(22)28/h13H,1-12H2. The van der Waals surface area contributed by atoms with Gasteiger partial charge in [-0.1, -0.05) is 0 Å². The van der Waals surface area contributed by atoms with Crippen LogP contribution in [0.3, 0.4) is 0 Å². The quantitative estimate of drug-likeness (QED) is 0.520. The highest BCUT2D eigenvalue weighted by Gasteiger charge is 2.33. The van der Waals surface area contributed by atoms with Crippen LogP contribution in [0.5, 0.6) is 0 Å². The van der Waals surface area contributed by atoms with E-state index in [1.165, 1.54) is 14.7 Å². The zero-order chi connectivity index (χ0) is 20.3. The molecule has 9 heteroatoms. The van der Waals surface area contributed by atoms with Crippen LogP contribution in [0, 0.1) is 5.92 Å². The molecule has 0 bridgehead atoms. The molecule has 0 aromatic heterocycles. The second kappa shape index (κ2) is 8.62. The first-order valence-corrected chi connectivity index (χ1v) is 9.86. The number of likely N-dealkylation sites (tertiary alicyclic amines) is 3. The van der Waals surface area contributed by atoms with Crippen molar-refractivity contribution in [1.82, 2.24) is 14.7 Å². The van der Waals surface area contributed by atoms with Gasteiger partial charge in [-0.2, -0.15) is 0 Å². The van der Waals surface area contributed by atoms with Crippen molar-refractivity contribution in [2.45, 2.75) is 57.8 Å². The molecule has 3 aliphatic heterocycles. The highest BCUT2D eigenvalue weighted by Crippen LogP contribution is 2.22. The molecule has 0 aromatic rings. The zero-order valence-electron chi connectivity index (χ0n) is 15.9. The Bertz CT molecular complexity index is 575. The Kier molecular flexibility index (Phi) is 6.21. The molecule has 3 fully saturated rings. The number of nitrogens with zero attached hydrogens (tertiary/aromatic N) is 3. The molecule has 0 aliphatic carbocycles. The SMILES string of the molecule is O=C1CCC(=O)N1CCC(CCN1C(=O)CCC1=O)CCN1C(=O)CCC1=O. The van der Waals surface area contributed by atoms with E-state index in [0.717, 1.165) is 0 Å². The van der Waals surface area contributed by atoms with Gasteiger partial charge >= 0.3 is 0 Å². The minimum Gasteiger partial charge on any atom is -0.283 e. The van der Waals surface area contributed by atoms with E-state index in [1.807, 2.05) is 0 Å². The summed E-state index contributed by atoms with van der Waals surface area (Å²) in [6.45, 7) is 0.852. The normalized spacial score (nSPS) is 20.7. The van der Waals surface area contributed by atoms with Crippen LogP contribution in [0.15, 0.2) is 0 Å². The molecule has 3 rings (SSSR count). The molecule has 0 spiro atoms. The third-order valence-electron chi connectivity index (χ3n) is 5.75. The fraction of sp³-hybridized carbons (Fsp3) is 0.684. The van der Waals surface area contributed by atoms with E-state index >= 15 is 0 Å². The Labute approximate surface area is 163 Å². The number of carbonyl (C=O) groups is 6. The fourth-order valence-electron chi connectivity index (χ4n) is 3.98. The molecular formula is C19H25N3O6. The summed E-state index contributed by atoms with van der Waals surface area (Å²) in [5.41, 5.74) is 0. The van der Waals surface area contributed by atoms with Gasteiger partial charge in [-0.05, 0) is 25.2 Å². The Hall–Kier alpha value is -2.58. The van der Waals surface area contributed by atoms with Gasteiger partial charge < -0.3 is 0 Å². The van der Waals surface area contributed by atoms with Crippen molar-refractivity contribution in [3.05, 3.63) is 0 Å². The first-order chi connectivity index (χ1) is 13.4. The van der Waals surface area contributed by atoms with Gasteiger partial charge in [0.2, 0.25) is 35.4 Å². The van der Waals surface area contributed by atoms with Crippen LogP contribution in [-0.2, 0) is 28.8 Å². The number of hydrogen-bond acceptors (Lipinski definition) is 6. The molecule has 28 heavy (non-hydrogen) atoms. The molecule has 0 atom stereocenters. The third-order valence-corrected chi connectivity index (χ3v) is 5.75. The number of carbonyl (C=O) groups excluding carboxylic acids is 6. The summed E-state index contributed by atoms with van der Waals surface area (Å²) in [7, 11) is 0. The van der Waals surface area contributed by atoms with Crippen LogP contribution in [0.25, 0.3) is 0 Å². The average molecular weight is 391 g/mol. The molecule has 0 N–H and O–H groups in total. The summed E-state index contributed by atoms with van der Waals surface area (Å²) in [6.07, 6.45) is 2.95. The topological polar surface area (TPSA) is 112 Å². The van der Waals surface area contributed by atoms with E-state index in [1.54, 1.807) is 0 Å². The van der Waals surface area contributed by atoms with E-state index < -0.39 is 0 Å². The molecule has 0 aromatic carbocycles. The van der Waals surface area contributed by atoms with Crippen molar-refractivity contribution in [2.24, 2.45) is 5.92 Å². The van der Waals surface area contributed by atoms with Gasteiger partial charge in [0, 0.05) is 58.2 Å². The second-order valence-electron chi connectivity index (χ2n) is 7.55. The number of amides is 6. The molecule has 152 valence electrons. The number of imide groups is 3. The lowest BCUT2D eigenvalue weighted by Gasteiger charge is -2.24. The zero-order valence-corrected chi connectivity index (χ0v) is 15.9. The molecule has 0 radical (unpaired) electrons. The molecule has 0 unspecified atom stereocenters. The van der Waals surface area contributed by atoms with E-state index in [4.69, 9.17) is 0 Å². The predicted octanol–water partition coefficient (Wildman–Crippen LogP) is 0.220. The second-order valence-corrected chi connectivity index (χ2v) is 7.55. The number of hydrogen-bond donors (Lipinski definition) is 0. The molecule has 9 nitrogen and oxygen atoms in total. The van der Waals surface area contributed by atoms with Crippen molar-refractivity contribution in [3.63, 3.8) is 0 Å². The van der Waals surface area contributed by atoms with Gasteiger partial charge in [0.15, 0.2) is 0 Å². The average Bonchev–Trinajstić information content (AvgIpc) is 3.27. The first-order valence-electron chi connectivity index (χ1n) is 9.86. The van der Waals surface area contributed by atoms with Crippen molar-refractivity contribution in [3.8, 4) is 0 Å². The minimum absolute atomic E-state index is 0.0244. The minimum atomic E-state index is -0.182. The van der Waals surface area contributed by atoms with E-state index in [9.17, 15) is 28.8 Å². The maximum atomic E-state index is 11.8. The number of rotatable bonds is 9. The predicted molar refractivity (Wildman–Crippen MR) is 95.2 cm³/mol. The Morgan fingerprint density at radius 2 is 0.679 bits per heavy atom. The Morgan fingerprint density at radius 1 is 0.464 bits per heavy atom. The highest BCUT2D eigenvalue weighted by atomic mass is 16.2. The van der Waals surface area contributed by atoms with E-state index in [-0.39, 0.29) is 99.5 Å². The van der Waals surface area contributed by atoms with Crippen molar-refractivity contribution in [2.75, 3.05) is 19.6 Å². The lowest BCUT2D eigenvalue weighted by molar-refractivity contribution is -0.139. The van der Waals surface area contributed by atoms with Crippen molar-refractivity contribution >= 4 is 35.4 Å². The lowest BCUT2D eigenvalue weighted by Crippen LogP contribution is -2.35. The Balaban J connectivity index is 1.57. The molecule has 3 aliphatic rings. The molecule has 3 heterocycles. The van der Waals surface area contributed by atoms with Gasteiger partial charge in [-0.3, -0.25) is 43.5 Å². The maximum Gasteiger partial charge on any atom is 0.229 e. The van der Waals surface area contributed by atoms with Crippen LogP contribution in [0.2, 0.25) is 0 Å². The van der Waals surface area contributed by atoms with Crippen molar-refractivity contribution in [1.29, 1.82) is 0 Å². The van der Waals surface area contributed by atoms with Crippen LogP contribution in [0.4, 0.5) is 0 Å². The highest BCUT2D eigenvalue weighted by molar-refractivity contribution is 6.03. The van der Waals surface area contributed by atoms with Gasteiger partial charge in [-0.25, -0.2) is 0 Å². The fourth-order valence-corrected chi connectivity index (χ4v) is 3.98. The van der Waals surface area contributed by atoms with Crippen LogP contribution in [0.1, 0.15) is 57.8 Å². The summed E-state index contributed by atoms with van der Waals surface area (Å²) < 4.78 is 0. The largest absolute Gasteiger partial charge is 0.283 e. The van der Waals surface area contributed by atoms with Gasteiger partial charge in [0.05, 0.1) is 0 Å². The molecular weight excluding hydrogens is 366 g/mol. The van der Waals surface area contributed by atoms with Gasteiger partial charge in [0.1, 0.15) is 0 Å². The first kappa shape index (κ1) is 20.2. The molecule has 3 saturated heterocycles. The summed E-state index contributed by atoms with van der Waals surface area (Å²) in [6, 6.07) is 0. The van der Waals surface area contributed by atoms with E-state index in [0.29, 0.717) is 19.3 Å². The lowest BCUT2D eigenvalue weighted by atomic mass is 9.96. The van der Waals surface area contributed by atoms with Crippen LogP contribution >= 0.6 is 0 Å². The monoisotopic (exact) mass is 391 g/mol. The summed E-state index contributed by atoms with van der Waals surface area (Å²) in [5, 5.41) is 0. The Morgan fingerprint density at radius 3 is 0.893 bits per heavy atom. The molecule has 0 saturated carbocycles. The van der Waals surface area contributed by atoms with Crippen molar-refractivity contribution < 1.29 is 28.8 Å².